The molecule has 0 spiro atoms. The minimum absolute atomic E-state index is 0.00203. The Morgan fingerprint density at radius 1 is 1.23 bits per heavy atom. The summed E-state index contributed by atoms with van der Waals surface area (Å²) in [5.74, 6) is 0.0797. The molecule has 2 rings (SSSR count). The van der Waals surface area contributed by atoms with Crippen LogP contribution in [0.3, 0.4) is 0 Å². The number of nitrogens with one attached hydrogen (secondary N) is 2. The minimum atomic E-state index is -3.74. The molecule has 0 fully saturated rings. The van der Waals surface area contributed by atoms with Gasteiger partial charge in [0.1, 0.15) is 5.75 Å². The second-order valence-electron chi connectivity index (χ2n) is 5.53. The molecule has 0 bridgehead atoms. The minimum Gasteiger partial charge on any atom is -0.495 e. The number of carbonyl (C=O) groups is 1. The molecule has 0 aliphatic rings. The summed E-state index contributed by atoms with van der Waals surface area (Å²) in [7, 11) is -2.25. The molecule has 0 aromatic heterocycles. The number of aliphatic hydroxyl groups is 1. The van der Waals surface area contributed by atoms with Crippen molar-refractivity contribution in [1.82, 2.24) is 4.72 Å². The van der Waals surface area contributed by atoms with E-state index in [0.29, 0.717) is 16.5 Å². The van der Waals surface area contributed by atoms with Crippen LogP contribution in [0.5, 0.6) is 5.75 Å². The van der Waals surface area contributed by atoms with Crippen molar-refractivity contribution in [1.29, 1.82) is 0 Å². The zero-order valence-corrected chi connectivity index (χ0v) is 15.8. The molecule has 0 saturated heterocycles. The molecule has 0 heterocycles. The average molecular weight is 399 g/mol. The predicted octanol–water partition coefficient (Wildman–Crippen LogP) is 2.26. The fourth-order valence-electron chi connectivity index (χ4n) is 2.05. The molecule has 2 aromatic carbocycles. The number of anilines is 1. The van der Waals surface area contributed by atoms with Crippen molar-refractivity contribution in [3.8, 4) is 5.75 Å². The molecule has 7 nitrogen and oxygen atoms in total. The number of sulfonamides is 1. The highest BCUT2D eigenvalue weighted by atomic mass is 35.5. The average Bonchev–Trinajstić information content (AvgIpc) is 2.60. The number of benzene rings is 2. The Hall–Kier alpha value is -2.13. The van der Waals surface area contributed by atoms with Crippen LogP contribution in [-0.2, 0) is 10.0 Å². The van der Waals surface area contributed by atoms with Gasteiger partial charge in [-0.15, -0.1) is 0 Å². The van der Waals surface area contributed by atoms with Crippen molar-refractivity contribution in [2.45, 2.75) is 17.9 Å². The van der Waals surface area contributed by atoms with E-state index in [9.17, 15) is 18.3 Å². The number of hydrogen-bond donors (Lipinski definition) is 3. The molecule has 0 radical (unpaired) electrons. The van der Waals surface area contributed by atoms with Crippen LogP contribution in [0.1, 0.15) is 17.3 Å². The monoisotopic (exact) mass is 398 g/mol. The molecule has 0 saturated carbocycles. The van der Waals surface area contributed by atoms with E-state index >= 15 is 0 Å². The molecular formula is C17H19ClN2O5S. The summed E-state index contributed by atoms with van der Waals surface area (Å²) in [5.41, 5.74) is 0.766. The first-order chi connectivity index (χ1) is 12.2. The summed E-state index contributed by atoms with van der Waals surface area (Å²) in [4.78, 5) is 12.3. The summed E-state index contributed by atoms with van der Waals surface area (Å²) in [6.07, 6.45) is -0.800. The van der Waals surface area contributed by atoms with E-state index in [2.05, 4.69) is 10.0 Å². The summed E-state index contributed by atoms with van der Waals surface area (Å²) >= 11 is 6.01. The standard InChI is InChI=1S/C17H19ClN2O5S/c1-11(21)10-19-26(23,24)14-6-3-12(4-7-14)17(22)20-13-5-8-16(25-2)15(18)9-13/h3-9,11,19,21H,10H2,1-2H3,(H,20,22). The molecular weight excluding hydrogens is 380 g/mol. The number of ether oxygens (including phenoxy) is 1. The molecule has 26 heavy (non-hydrogen) atoms. The summed E-state index contributed by atoms with van der Waals surface area (Å²) < 4.78 is 31.4. The summed E-state index contributed by atoms with van der Waals surface area (Å²) in [6.45, 7) is 1.38. The van der Waals surface area contributed by atoms with Gasteiger partial charge in [-0.05, 0) is 49.4 Å². The van der Waals surface area contributed by atoms with Gasteiger partial charge in [0.15, 0.2) is 0 Å². The van der Waals surface area contributed by atoms with Crippen molar-refractivity contribution in [3.63, 3.8) is 0 Å². The highest BCUT2D eigenvalue weighted by molar-refractivity contribution is 7.89. The molecule has 2 aromatic rings. The van der Waals surface area contributed by atoms with E-state index in [0.717, 1.165) is 0 Å². The lowest BCUT2D eigenvalue weighted by Gasteiger charge is -2.10. The van der Waals surface area contributed by atoms with Gasteiger partial charge in [-0.25, -0.2) is 13.1 Å². The van der Waals surface area contributed by atoms with E-state index in [1.54, 1.807) is 18.2 Å². The Labute approximate surface area is 157 Å². The van der Waals surface area contributed by atoms with E-state index in [1.807, 2.05) is 0 Å². The predicted molar refractivity (Wildman–Crippen MR) is 99.3 cm³/mol. The van der Waals surface area contributed by atoms with Crippen LogP contribution >= 0.6 is 11.6 Å². The van der Waals surface area contributed by atoms with Crippen LogP contribution in [0.25, 0.3) is 0 Å². The number of aliphatic hydroxyl groups excluding tert-OH is 1. The van der Waals surface area contributed by atoms with Crippen LogP contribution in [0, 0.1) is 0 Å². The zero-order chi connectivity index (χ0) is 19.3. The van der Waals surface area contributed by atoms with Gasteiger partial charge in [-0.2, -0.15) is 0 Å². The zero-order valence-electron chi connectivity index (χ0n) is 14.2. The summed E-state index contributed by atoms with van der Waals surface area (Å²) in [5, 5.41) is 12.2. The first kappa shape index (κ1) is 20.2. The maximum atomic E-state index is 12.3. The second-order valence-corrected chi connectivity index (χ2v) is 7.70. The molecule has 3 N–H and O–H groups in total. The Kier molecular flexibility index (Phi) is 6.60. The quantitative estimate of drug-likeness (QED) is 0.663. The van der Waals surface area contributed by atoms with E-state index < -0.39 is 22.0 Å². The van der Waals surface area contributed by atoms with E-state index in [4.69, 9.17) is 16.3 Å². The molecule has 0 aliphatic carbocycles. The first-order valence-electron chi connectivity index (χ1n) is 7.65. The largest absolute Gasteiger partial charge is 0.495 e. The smallest absolute Gasteiger partial charge is 0.255 e. The Morgan fingerprint density at radius 3 is 2.42 bits per heavy atom. The summed E-state index contributed by atoms with van der Waals surface area (Å²) in [6, 6.07) is 10.3. The molecule has 1 unspecified atom stereocenters. The van der Waals surface area contributed by atoms with Gasteiger partial charge in [0.2, 0.25) is 10.0 Å². The molecule has 140 valence electrons. The number of methoxy groups -OCH3 is 1. The number of halogens is 1. The van der Waals surface area contributed by atoms with Gasteiger partial charge in [0.25, 0.3) is 5.91 Å². The van der Waals surface area contributed by atoms with E-state index in [-0.39, 0.29) is 17.0 Å². The van der Waals surface area contributed by atoms with Gasteiger partial charge >= 0.3 is 0 Å². The number of amides is 1. The van der Waals surface area contributed by atoms with Gasteiger partial charge in [-0.3, -0.25) is 4.79 Å². The van der Waals surface area contributed by atoms with Crippen LogP contribution in [0.15, 0.2) is 47.4 Å². The van der Waals surface area contributed by atoms with Gasteiger partial charge in [-0.1, -0.05) is 11.6 Å². The fraction of sp³-hybridized carbons (Fsp3) is 0.235. The topological polar surface area (TPSA) is 105 Å². The van der Waals surface area contributed by atoms with Crippen molar-refractivity contribution in [2.75, 3.05) is 19.0 Å². The Balaban J connectivity index is 2.10. The normalized spacial score (nSPS) is 12.5. The third-order valence-corrected chi connectivity index (χ3v) is 5.14. The van der Waals surface area contributed by atoms with Gasteiger partial charge in [0.05, 0.1) is 23.1 Å². The second kappa shape index (κ2) is 8.50. The van der Waals surface area contributed by atoms with Crippen LogP contribution < -0.4 is 14.8 Å². The van der Waals surface area contributed by atoms with Gasteiger partial charge in [0, 0.05) is 17.8 Å². The Morgan fingerprint density at radius 2 is 1.88 bits per heavy atom. The van der Waals surface area contributed by atoms with Crippen LogP contribution in [0.2, 0.25) is 5.02 Å². The van der Waals surface area contributed by atoms with E-state index in [1.165, 1.54) is 38.3 Å². The lowest BCUT2D eigenvalue weighted by atomic mass is 10.2. The Bertz CT molecular complexity index is 883. The third-order valence-electron chi connectivity index (χ3n) is 3.41. The fourth-order valence-corrected chi connectivity index (χ4v) is 3.43. The number of carbonyl (C=O) groups excluding carboxylic acids is 1. The highest BCUT2D eigenvalue weighted by Crippen LogP contribution is 2.27. The molecule has 1 amide bonds. The molecule has 1 atom stereocenters. The van der Waals surface area contributed by atoms with Crippen molar-refractivity contribution < 1.29 is 23.1 Å². The number of hydrogen-bond acceptors (Lipinski definition) is 5. The van der Waals surface area contributed by atoms with Crippen molar-refractivity contribution in [3.05, 3.63) is 53.1 Å². The highest BCUT2D eigenvalue weighted by Gasteiger charge is 2.15. The van der Waals surface area contributed by atoms with Crippen molar-refractivity contribution in [2.24, 2.45) is 0 Å². The van der Waals surface area contributed by atoms with Crippen LogP contribution in [-0.4, -0.2) is 39.2 Å². The third kappa shape index (κ3) is 5.18. The first-order valence-corrected chi connectivity index (χ1v) is 9.51. The number of rotatable bonds is 7. The van der Waals surface area contributed by atoms with Gasteiger partial charge < -0.3 is 15.2 Å². The van der Waals surface area contributed by atoms with Crippen LogP contribution in [0.4, 0.5) is 5.69 Å². The maximum Gasteiger partial charge on any atom is 0.255 e. The SMILES string of the molecule is COc1ccc(NC(=O)c2ccc(S(=O)(=O)NCC(C)O)cc2)cc1Cl. The van der Waals surface area contributed by atoms with Crippen molar-refractivity contribution >= 4 is 33.2 Å². The lowest BCUT2D eigenvalue weighted by Crippen LogP contribution is -2.30. The molecule has 0 aliphatic heterocycles. The molecule has 9 heteroatoms. The lowest BCUT2D eigenvalue weighted by molar-refractivity contribution is 0.102. The maximum absolute atomic E-state index is 12.3.